The number of halogens is 2. The molecule has 1 aliphatic carbocycles. The molecule has 0 unspecified atom stereocenters. The molecule has 0 aromatic heterocycles. The highest BCUT2D eigenvalue weighted by atomic mass is 127. The van der Waals surface area contributed by atoms with Crippen molar-refractivity contribution in [3.05, 3.63) is 19.9 Å². The van der Waals surface area contributed by atoms with E-state index in [1.165, 1.54) is 3.58 Å². The number of hydrogen-bond acceptors (Lipinski definition) is 1. The molecular formula is C6H6BrIO. The molecular weight excluding hydrogens is 295 g/mol. The summed E-state index contributed by atoms with van der Waals surface area (Å²) in [6.07, 6.45) is 3.76. The molecule has 1 aliphatic rings. The van der Waals surface area contributed by atoms with Crippen molar-refractivity contribution in [1.82, 2.24) is 0 Å². The summed E-state index contributed by atoms with van der Waals surface area (Å²) in [5.74, 6) is 0.380. The van der Waals surface area contributed by atoms with E-state index in [0.29, 0.717) is 5.76 Å². The van der Waals surface area contributed by atoms with E-state index in [-0.39, 0.29) is 0 Å². The van der Waals surface area contributed by atoms with E-state index < -0.39 is 0 Å². The van der Waals surface area contributed by atoms with Crippen LogP contribution in [-0.4, -0.2) is 5.11 Å². The van der Waals surface area contributed by atoms with Crippen LogP contribution in [0.15, 0.2) is 19.9 Å². The van der Waals surface area contributed by atoms with Crippen LogP contribution in [0, 0.1) is 0 Å². The molecule has 50 valence electrons. The SMILES string of the molecule is OC1=C(Br)CCC(I)=C1. The van der Waals surface area contributed by atoms with Gasteiger partial charge in [0, 0.05) is 4.48 Å². The van der Waals surface area contributed by atoms with E-state index in [1.54, 1.807) is 6.08 Å². The third-order valence-electron chi connectivity index (χ3n) is 1.15. The number of aliphatic hydroxyl groups is 1. The highest BCUT2D eigenvalue weighted by Gasteiger charge is 2.07. The third-order valence-corrected chi connectivity index (χ3v) is 2.81. The molecule has 1 rings (SSSR count). The van der Waals surface area contributed by atoms with Crippen molar-refractivity contribution >= 4 is 38.5 Å². The lowest BCUT2D eigenvalue weighted by Gasteiger charge is -2.07. The van der Waals surface area contributed by atoms with Crippen LogP contribution in [0.4, 0.5) is 0 Å². The molecule has 0 radical (unpaired) electrons. The highest BCUT2D eigenvalue weighted by Crippen LogP contribution is 2.29. The minimum Gasteiger partial charge on any atom is -0.507 e. The molecule has 0 spiro atoms. The maximum atomic E-state index is 9.10. The highest BCUT2D eigenvalue weighted by molar-refractivity contribution is 14.1. The van der Waals surface area contributed by atoms with Crippen LogP contribution in [0.2, 0.25) is 0 Å². The van der Waals surface area contributed by atoms with Crippen LogP contribution in [-0.2, 0) is 0 Å². The molecule has 0 bridgehead atoms. The van der Waals surface area contributed by atoms with Crippen molar-refractivity contribution in [1.29, 1.82) is 0 Å². The first kappa shape index (κ1) is 7.60. The summed E-state index contributed by atoms with van der Waals surface area (Å²) in [7, 11) is 0. The Morgan fingerprint density at radius 1 is 1.56 bits per heavy atom. The molecule has 0 saturated heterocycles. The smallest absolute Gasteiger partial charge is 0.126 e. The summed E-state index contributed by atoms with van der Waals surface area (Å²) in [6.45, 7) is 0. The van der Waals surface area contributed by atoms with Crippen LogP contribution in [0.25, 0.3) is 0 Å². The van der Waals surface area contributed by atoms with Crippen molar-refractivity contribution in [2.45, 2.75) is 12.8 Å². The van der Waals surface area contributed by atoms with Gasteiger partial charge in [-0.15, -0.1) is 0 Å². The second-order valence-electron chi connectivity index (χ2n) is 1.88. The quantitative estimate of drug-likeness (QED) is 0.681. The molecule has 1 nitrogen and oxygen atoms in total. The number of rotatable bonds is 0. The van der Waals surface area contributed by atoms with E-state index >= 15 is 0 Å². The Morgan fingerprint density at radius 3 is 2.67 bits per heavy atom. The zero-order valence-electron chi connectivity index (χ0n) is 4.69. The molecule has 1 N–H and O–H groups in total. The maximum Gasteiger partial charge on any atom is 0.126 e. The molecule has 3 heteroatoms. The summed E-state index contributed by atoms with van der Waals surface area (Å²) in [6, 6.07) is 0. The molecule has 0 saturated carbocycles. The molecule has 0 fully saturated rings. The normalized spacial score (nSPS) is 20.0. The maximum absolute atomic E-state index is 9.10. The first-order valence-electron chi connectivity index (χ1n) is 2.64. The average Bonchev–Trinajstić information content (AvgIpc) is 1.80. The predicted molar refractivity (Wildman–Crippen MR) is 49.9 cm³/mol. The molecule has 0 amide bonds. The fraction of sp³-hybridized carbons (Fsp3) is 0.333. The summed E-state index contributed by atoms with van der Waals surface area (Å²) < 4.78 is 2.14. The van der Waals surface area contributed by atoms with E-state index in [9.17, 15) is 0 Å². The Morgan fingerprint density at radius 2 is 2.22 bits per heavy atom. The van der Waals surface area contributed by atoms with Gasteiger partial charge in [-0.2, -0.15) is 0 Å². The molecule has 9 heavy (non-hydrogen) atoms. The van der Waals surface area contributed by atoms with Gasteiger partial charge in [0.2, 0.25) is 0 Å². The van der Waals surface area contributed by atoms with Gasteiger partial charge in [-0.05, 0) is 45.1 Å². The number of aliphatic hydroxyl groups excluding tert-OH is 1. The van der Waals surface area contributed by atoms with Gasteiger partial charge >= 0.3 is 0 Å². The lowest BCUT2D eigenvalue weighted by molar-refractivity contribution is 0.425. The molecule has 0 heterocycles. The Labute approximate surface area is 76.1 Å². The van der Waals surface area contributed by atoms with Crippen molar-refractivity contribution in [3.8, 4) is 0 Å². The van der Waals surface area contributed by atoms with Gasteiger partial charge in [0.05, 0.1) is 0 Å². The lowest BCUT2D eigenvalue weighted by atomic mass is 10.2. The molecule has 0 aromatic carbocycles. The summed E-state index contributed by atoms with van der Waals surface area (Å²) in [5, 5.41) is 9.10. The number of allylic oxidation sites excluding steroid dienone is 3. The zero-order chi connectivity index (χ0) is 6.85. The van der Waals surface area contributed by atoms with Gasteiger partial charge in [0.15, 0.2) is 0 Å². The predicted octanol–water partition coefficient (Wildman–Crippen LogP) is 3.26. The van der Waals surface area contributed by atoms with Crippen LogP contribution in [0.5, 0.6) is 0 Å². The molecule has 0 aliphatic heterocycles. The van der Waals surface area contributed by atoms with E-state index in [4.69, 9.17) is 5.11 Å². The van der Waals surface area contributed by atoms with Crippen molar-refractivity contribution in [2.75, 3.05) is 0 Å². The van der Waals surface area contributed by atoms with Gasteiger partial charge in [0.1, 0.15) is 5.76 Å². The average molecular weight is 301 g/mol. The Balaban J connectivity index is 2.83. The Bertz CT molecular complexity index is 183. The van der Waals surface area contributed by atoms with Crippen molar-refractivity contribution < 1.29 is 5.11 Å². The van der Waals surface area contributed by atoms with Gasteiger partial charge < -0.3 is 5.11 Å². The fourth-order valence-corrected chi connectivity index (χ4v) is 1.53. The summed E-state index contributed by atoms with van der Waals surface area (Å²) in [4.78, 5) is 0. The first-order chi connectivity index (χ1) is 4.20. The minimum atomic E-state index is 0.380. The third kappa shape index (κ3) is 1.97. The fourth-order valence-electron chi connectivity index (χ4n) is 0.656. The Hall–Kier alpha value is 0.490. The van der Waals surface area contributed by atoms with Gasteiger partial charge in [-0.25, -0.2) is 0 Å². The topological polar surface area (TPSA) is 20.2 Å². The minimum absolute atomic E-state index is 0.380. The van der Waals surface area contributed by atoms with E-state index in [1.807, 2.05) is 0 Å². The summed E-state index contributed by atoms with van der Waals surface area (Å²) in [5.41, 5.74) is 0. The standard InChI is InChI=1S/C6H6BrIO/c7-5-2-1-4(8)3-6(5)9/h3,9H,1-2H2. The largest absolute Gasteiger partial charge is 0.507 e. The van der Waals surface area contributed by atoms with Gasteiger partial charge in [-0.3, -0.25) is 0 Å². The first-order valence-corrected chi connectivity index (χ1v) is 4.51. The van der Waals surface area contributed by atoms with Crippen molar-refractivity contribution in [3.63, 3.8) is 0 Å². The second kappa shape index (κ2) is 3.05. The van der Waals surface area contributed by atoms with Gasteiger partial charge in [-0.1, -0.05) is 15.9 Å². The van der Waals surface area contributed by atoms with Crippen molar-refractivity contribution in [2.24, 2.45) is 0 Å². The summed E-state index contributed by atoms with van der Waals surface area (Å²) >= 11 is 5.49. The van der Waals surface area contributed by atoms with Crippen LogP contribution in [0.3, 0.4) is 0 Å². The molecule has 0 aromatic rings. The Kier molecular flexibility index (Phi) is 2.58. The lowest BCUT2D eigenvalue weighted by Crippen LogP contribution is -1.89. The van der Waals surface area contributed by atoms with Gasteiger partial charge in [0.25, 0.3) is 0 Å². The second-order valence-corrected chi connectivity index (χ2v) is 4.22. The van der Waals surface area contributed by atoms with E-state index in [2.05, 4.69) is 38.5 Å². The molecule has 0 atom stereocenters. The van der Waals surface area contributed by atoms with E-state index in [0.717, 1.165) is 17.3 Å². The zero-order valence-corrected chi connectivity index (χ0v) is 8.44. The van der Waals surface area contributed by atoms with Crippen LogP contribution < -0.4 is 0 Å². The monoisotopic (exact) mass is 300 g/mol. The van der Waals surface area contributed by atoms with Crippen LogP contribution >= 0.6 is 38.5 Å². The van der Waals surface area contributed by atoms with Crippen LogP contribution in [0.1, 0.15) is 12.8 Å². The number of hydrogen-bond donors (Lipinski definition) is 1.